The number of aromatic nitrogens is 3. The van der Waals surface area contributed by atoms with Crippen LogP contribution < -0.4 is 10.3 Å². The molecule has 9 heteroatoms. The Hall–Kier alpha value is -1.87. The summed E-state index contributed by atoms with van der Waals surface area (Å²) in [5, 5.41) is 0.775. The van der Waals surface area contributed by atoms with E-state index in [1.807, 2.05) is 17.0 Å². The third kappa shape index (κ3) is 3.70. The minimum absolute atomic E-state index is 0.0504. The number of likely N-dealkylation sites (tertiary alicyclic amines) is 1. The van der Waals surface area contributed by atoms with E-state index in [1.54, 1.807) is 22.5 Å². The van der Waals surface area contributed by atoms with Gasteiger partial charge in [-0.3, -0.25) is 14.2 Å². The molecule has 2 aromatic rings. The topological polar surface area (TPSA) is 77.3 Å². The molecule has 1 amide bonds. The molecular formula is C20H21BrN4O3S. The Morgan fingerprint density at radius 3 is 3.07 bits per heavy atom. The molecule has 1 aliphatic carbocycles. The minimum Gasteiger partial charge on any atom is -0.472 e. The highest BCUT2D eigenvalue weighted by atomic mass is 79.9. The summed E-state index contributed by atoms with van der Waals surface area (Å²) in [6, 6.07) is 3.60. The number of thioether (sulfide) groups is 1. The van der Waals surface area contributed by atoms with Gasteiger partial charge in [0, 0.05) is 47.4 Å². The number of fused-ring (bicyclic) bond motifs is 2. The van der Waals surface area contributed by atoms with E-state index in [9.17, 15) is 9.59 Å². The third-order valence-electron chi connectivity index (χ3n) is 5.77. The van der Waals surface area contributed by atoms with Gasteiger partial charge in [-0.05, 0) is 41.3 Å². The van der Waals surface area contributed by atoms with Crippen LogP contribution in [0.4, 0.5) is 0 Å². The van der Waals surface area contributed by atoms with Crippen LogP contribution in [0.5, 0.6) is 5.88 Å². The molecule has 0 radical (unpaired) electrons. The lowest BCUT2D eigenvalue weighted by molar-refractivity contribution is -0.131. The Balaban J connectivity index is 1.24. The molecule has 1 fully saturated rings. The zero-order chi connectivity index (χ0) is 20.0. The molecule has 2 unspecified atom stereocenters. The molecule has 4 heterocycles. The molecule has 1 saturated heterocycles. The fourth-order valence-electron chi connectivity index (χ4n) is 4.29. The van der Waals surface area contributed by atoms with Gasteiger partial charge in [0.05, 0.1) is 18.3 Å². The third-order valence-corrected chi connectivity index (χ3v) is 7.33. The van der Waals surface area contributed by atoms with E-state index in [0.29, 0.717) is 25.4 Å². The first-order valence-corrected chi connectivity index (χ1v) is 11.7. The van der Waals surface area contributed by atoms with Gasteiger partial charge >= 0.3 is 0 Å². The van der Waals surface area contributed by atoms with Gasteiger partial charge in [-0.15, -0.1) is 0 Å². The standard InChI is InChI=1S/C20H21BrN4O3S/c21-12-4-5-17(22-9-12)28-14-6-7-24(10-14)18(26)8-13-11-29-20-23-16-3-1-2-15(16)19(27)25(13)20/h4-5,9,13-14H,1-3,6-8,10-11H2. The predicted molar refractivity (Wildman–Crippen MR) is 112 cm³/mol. The quantitative estimate of drug-likeness (QED) is 0.631. The second-order valence-corrected chi connectivity index (χ2v) is 9.60. The zero-order valence-electron chi connectivity index (χ0n) is 15.8. The summed E-state index contributed by atoms with van der Waals surface area (Å²) in [6.07, 6.45) is 5.47. The Morgan fingerprint density at radius 1 is 1.34 bits per heavy atom. The average molecular weight is 477 g/mol. The van der Waals surface area contributed by atoms with Crippen LogP contribution in [0.25, 0.3) is 0 Å². The second kappa shape index (κ2) is 7.75. The number of ether oxygens (including phenoxy) is 1. The smallest absolute Gasteiger partial charge is 0.257 e. The second-order valence-electron chi connectivity index (χ2n) is 7.70. The largest absolute Gasteiger partial charge is 0.472 e. The van der Waals surface area contributed by atoms with Crippen molar-refractivity contribution in [1.82, 2.24) is 19.4 Å². The highest BCUT2D eigenvalue weighted by Gasteiger charge is 2.34. The van der Waals surface area contributed by atoms with Crippen LogP contribution in [-0.4, -0.2) is 50.3 Å². The van der Waals surface area contributed by atoms with Gasteiger partial charge in [-0.1, -0.05) is 11.8 Å². The van der Waals surface area contributed by atoms with Crippen LogP contribution in [0.3, 0.4) is 0 Å². The summed E-state index contributed by atoms with van der Waals surface area (Å²) in [5.41, 5.74) is 1.88. The maximum absolute atomic E-state index is 12.9. The van der Waals surface area contributed by atoms with Crippen LogP contribution in [0, 0.1) is 0 Å². The maximum Gasteiger partial charge on any atom is 0.257 e. The summed E-state index contributed by atoms with van der Waals surface area (Å²) >= 11 is 4.95. The number of pyridine rings is 1. The lowest BCUT2D eigenvalue weighted by Crippen LogP contribution is -2.35. The number of hydrogen-bond donors (Lipinski definition) is 0. The van der Waals surface area contributed by atoms with Crippen molar-refractivity contribution in [2.45, 2.75) is 49.4 Å². The van der Waals surface area contributed by atoms with Crippen LogP contribution in [0.2, 0.25) is 0 Å². The Kier molecular flexibility index (Phi) is 5.11. The molecule has 0 N–H and O–H groups in total. The molecule has 7 nitrogen and oxygen atoms in total. The fourth-order valence-corrected chi connectivity index (χ4v) is 5.68. The molecule has 2 aromatic heterocycles. The van der Waals surface area contributed by atoms with Gasteiger partial charge in [-0.25, -0.2) is 9.97 Å². The summed E-state index contributed by atoms with van der Waals surface area (Å²) in [7, 11) is 0. The Morgan fingerprint density at radius 2 is 2.24 bits per heavy atom. The lowest BCUT2D eigenvalue weighted by Gasteiger charge is -2.20. The van der Waals surface area contributed by atoms with E-state index in [2.05, 4.69) is 25.9 Å². The van der Waals surface area contributed by atoms with Gasteiger partial charge in [0.1, 0.15) is 6.10 Å². The maximum atomic E-state index is 12.9. The molecule has 2 aliphatic heterocycles. The van der Waals surface area contributed by atoms with E-state index >= 15 is 0 Å². The van der Waals surface area contributed by atoms with E-state index in [1.165, 1.54) is 0 Å². The molecule has 0 saturated carbocycles. The van der Waals surface area contributed by atoms with Crippen molar-refractivity contribution in [3.05, 3.63) is 44.4 Å². The molecule has 0 bridgehead atoms. The SMILES string of the molecule is O=C(CC1CSc2nc3c(c(=O)n21)CCC3)N1CCC(Oc2ccc(Br)cn2)C1. The lowest BCUT2D eigenvalue weighted by atomic mass is 10.2. The first-order chi connectivity index (χ1) is 14.1. The van der Waals surface area contributed by atoms with Crippen LogP contribution >= 0.6 is 27.7 Å². The number of rotatable bonds is 4. The highest BCUT2D eigenvalue weighted by molar-refractivity contribution is 9.10. The molecular weight excluding hydrogens is 456 g/mol. The highest BCUT2D eigenvalue weighted by Crippen LogP contribution is 2.34. The van der Waals surface area contributed by atoms with Gasteiger partial charge in [0.15, 0.2) is 5.16 Å². The zero-order valence-corrected chi connectivity index (χ0v) is 18.2. The number of carbonyl (C=O) groups excluding carboxylic acids is 1. The van der Waals surface area contributed by atoms with Crippen LogP contribution in [0.1, 0.15) is 36.6 Å². The first-order valence-electron chi connectivity index (χ1n) is 9.91. The van der Waals surface area contributed by atoms with Crippen molar-refractivity contribution in [2.75, 3.05) is 18.8 Å². The molecule has 0 aromatic carbocycles. The van der Waals surface area contributed by atoms with E-state index < -0.39 is 0 Å². The van der Waals surface area contributed by atoms with Gasteiger partial charge < -0.3 is 9.64 Å². The number of nitrogens with zero attached hydrogens (tertiary/aromatic N) is 4. The van der Waals surface area contributed by atoms with Crippen molar-refractivity contribution >= 4 is 33.6 Å². The minimum atomic E-state index is -0.110. The molecule has 0 spiro atoms. The van der Waals surface area contributed by atoms with Gasteiger partial charge in [0.2, 0.25) is 11.8 Å². The van der Waals surface area contributed by atoms with E-state index in [-0.39, 0.29) is 23.6 Å². The number of carbonyl (C=O) groups is 1. The summed E-state index contributed by atoms with van der Waals surface area (Å²) in [4.78, 5) is 36.6. The predicted octanol–water partition coefficient (Wildman–Crippen LogP) is 2.61. The first kappa shape index (κ1) is 19.1. The van der Waals surface area contributed by atoms with Crippen molar-refractivity contribution in [1.29, 1.82) is 0 Å². The van der Waals surface area contributed by atoms with Crippen molar-refractivity contribution < 1.29 is 9.53 Å². The van der Waals surface area contributed by atoms with Crippen molar-refractivity contribution in [2.24, 2.45) is 0 Å². The van der Waals surface area contributed by atoms with Crippen LogP contribution in [-0.2, 0) is 17.6 Å². The number of halogens is 1. The molecule has 5 rings (SSSR count). The summed E-state index contributed by atoms with van der Waals surface area (Å²) < 4.78 is 8.58. The van der Waals surface area contributed by atoms with Crippen molar-refractivity contribution in [3.8, 4) is 5.88 Å². The summed E-state index contributed by atoms with van der Waals surface area (Å²) in [5.74, 6) is 1.37. The molecule has 29 heavy (non-hydrogen) atoms. The van der Waals surface area contributed by atoms with Crippen molar-refractivity contribution in [3.63, 3.8) is 0 Å². The molecule has 2 atom stereocenters. The van der Waals surface area contributed by atoms with E-state index in [4.69, 9.17) is 4.74 Å². The van der Waals surface area contributed by atoms with Crippen LogP contribution in [0.15, 0.2) is 32.8 Å². The summed E-state index contributed by atoms with van der Waals surface area (Å²) in [6.45, 7) is 1.23. The van der Waals surface area contributed by atoms with Gasteiger partial charge in [-0.2, -0.15) is 0 Å². The molecule has 3 aliphatic rings. The molecule has 152 valence electrons. The normalized spacial score (nSPS) is 22.6. The van der Waals surface area contributed by atoms with Gasteiger partial charge in [0.25, 0.3) is 5.56 Å². The number of hydrogen-bond acceptors (Lipinski definition) is 6. The number of aryl methyl sites for hydroxylation is 1. The fraction of sp³-hybridized carbons (Fsp3) is 0.500. The number of amides is 1. The Labute approximate surface area is 181 Å². The Bertz CT molecular complexity index is 1010. The average Bonchev–Trinajstić information content (AvgIpc) is 3.44. The van der Waals surface area contributed by atoms with E-state index in [0.717, 1.165) is 52.3 Å². The monoisotopic (exact) mass is 476 g/mol.